The van der Waals surface area contributed by atoms with Crippen LogP contribution in [0.3, 0.4) is 0 Å². The van der Waals surface area contributed by atoms with Gasteiger partial charge in [0.25, 0.3) is 0 Å². The predicted octanol–water partition coefficient (Wildman–Crippen LogP) is -0.222. The first-order chi connectivity index (χ1) is 5.74. The highest BCUT2D eigenvalue weighted by molar-refractivity contribution is 5.96. The average Bonchev–Trinajstić information content (AvgIpc) is 2.06. The molecule has 0 aliphatic carbocycles. The fraction of sp³-hybridized carbons (Fsp3) is 0.250. The maximum atomic E-state index is 5.57. The molecule has 4 nitrogen and oxygen atoms in total. The van der Waals surface area contributed by atoms with E-state index in [1.807, 2.05) is 36.1 Å². The molecule has 0 aliphatic rings. The molecule has 0 saturated carbocycles. The highest BCUT2D eigenvalue weighted by Gasteiger charge is 1.99. The largest absolute Gasteiger partial charge is 0.397 e. The van der Waals surface area contributed by atoms with Gasteiger partial charge < -0.3 is 10.6 Å². The summed E-state index contributed by atoms with van der Waals surface area (Å²) in [5, 5.41) is 3.61. The summed E-state index contributed by atoms with van der Waals surface area (Å²) < 4.78 is 1.92. The van der Waals surface area contributed by atoms with Gasteiger partial charge in [-0.25, -0.2) is 4.57 Å². The van der Waals surface area contributed by atoms with E-state index in [1.165, 1.54) is 7.11 Å². The Labute approximate surface area is 71.3 Å². The number of nitrogens with two attached hydrogens (primary N) is 1. The Bertz CT molecular complexity index is 279. The monoisotopic (exact) mass is 166 g/mol. The molecular formula is C8H12N3O+. The molecule has 2 N–H and O–H groups in total. The molecule has 1 aromatic rings. The Morgan fingerprint density at radius 3 is 2.58 bits per heavy atom. The van der Waals surface area contributed by atoms with Crippen molar-refractivity contribution in [3.05, 3.63) is 30.1 Å². The Morgan fingerprint density at radius 2 is 2.08 bits per heavy atom. The van der Waals surface area contributed by atoms with E-state index < -0.39 is 0 Å². The number of amidine groups is 1. The third-order valence-corrected chi connectivity index (χ3v) is 1.46. The molecule has 0 unspecified atom stereocenters. The Morgan fingerprint density at radius 1 is 1.50 bits per heavy atom. The van der Waals surface area contributed by atoms with Crippen LogP contribution in [0.25, 0.3) is 0 Å². The van der Waals surface area contributed by atoms with Crippen molar-refractivity contribution in [3.8, 4) is 0 Å². The van der Waals surface area contributed by atoms with Gasteiger partial charge in [-0.05, 0) is 0 Å². The summed E-state index contributed by atoms with van der Waals surface area (Å²) in [7, 11) is 3.41. The van der Waals surface area contributed by atoms with Crippen LogP contribution in [-0.2, 0) is 11.9 Å². The van der Waals surface area contributed by atoms with Crippen LogP contribution in [0, 0.1) is 0 Å². The molecule has 4 heteroatoms. The summed E-state index contributed by atoms with van der Waals surface area (Å²) >= 11 is 0. The first-order valence-electron chi connectivity index (χ1n) is 3.56. The van der Waals surface area contributed by atoms with E-state index in [9.17, 15) is 0 Å². The van der Waals surface area contributed by atoms with Crippen molar-refractivity contribution in [1.29, 1.82) is 0 Å². The minimum atomic E-state index is 0.387. The first kappa shape index (κ1) is 8.52. The van der Waals surface area contributed by atoms with Crippen molar-refractivity contribution < 1.29 is 9.40 Å². The van der Waals surface area contributed by atoms with Gasteiger partial charge in [0.2, 0.25) is 0 Å². The van der Waals surface area contributed by atoms with Crippen LogP contribution < -0.4 is 10.3 Å². The Kier molecular flexibility index (Phi) is 2.63. The molecule has 0 amide bonds. The van der Waals surface area contributed by atoms with E-state index in [-0.39, 0.29) is 0 Å². The molecule has 0 radical (unpaired) electrons. The van der Waals surface area contributed by atoms with Gasteiger partial charge in [0, 0.05) is 17.7 Å². The summed E-state index contributed by atoms with van der Waals surface area (Å²) in [5.74, 6) is 0.387. The lowest BCUT2D eigenvalue weighted by Gasteiger charge is -1.96. The van der Waals surface area contributed by atoms with Crippen LogP contribution in [0.4, 0.5) is 0 Å². The second kappa shape index (κ2) is 3.71. The van der Waals surface area contributed by atoms with E-state index in [0.29, 0.717) is 5.84 Å². The smallest absolute Gasteiger partial charge is 0.170 e. The molecule has 1 heterocycles. The molecule has 0 saturated heterocycles. The van der Waals surface area contributed by atoms with Crippen molar-refractivity contribution >= 4 is 5.84 Å². The fourth-order valence-corrected chi connectivity index (χ4v) is 0.823. The van der Waals surface area contributed by atoms with Crippen molar-refractivity contribution in [2.24, 2.45) is 17.9 Å². The number of aryl methyl sites for hydroxylation is 1. The third-order valence-electron chi connectivity index (χ3n) is 1.46. The van der Waals surface area contributed by atoms with Crippen LogP contribution in [0.2, 0.25) is 0 Å². The molecule has 1 aromatic heterocycles. The maximum Gasteiger partial charge on any atom is 0.170 e. The standard InChI is InChI=1S/C8H12N3O/c1-11-5-3-7(4-6-11)8(9)10-12-2/h3-6H,1-2H3,(H2,9,10)/q+1. The van der Waals surface area contributed by atoms with Crippen LogP contribution in [0.15, 0.2) is 29.7 Å². The van der Waals surface area contributed by atoms with E-state index in [1.54, 1.807) is 0 Å². The molecule has 12 heavy (non-hydrogen) atoms. The van der Waals surface area contributed by atoms with E-state index in [4.69, 9.17) is 5.73 Å². The molecule has 0 bridgehead atoms. The van der Waals surface area contributed by atoms with Crippen LogP contribution >= 0.6 is 0 Å². The fourth-order valence-electron chi connectivity index (χ4n) is 0.823. The maximum absolute atomic E-state index is 5.57. The molecular weight excluding hydrogens is 154 g/mol. The SMILES string of the molecule is CO/N=C(\N)c1cc[n+](C)cc1. The highest BCUT2D eigenvalue weighted by atomic mass is 16.6. The second-order valence-corrected chi connectivity index (χ2v) is 2.41. The zero-order valence-electron chi connectivity index (χ0n) is 7.19. The topological polar surface area (TPSA) is 51.5 Å². The Hall–Kier alpha value is -1.58. The number of hydrogen-bond acceptors (Lipinski definition) is 2. The average molecular weight is 166 g/mol. The second-order valence-electron chi connectivity index (χ2n) is 2.41. The van der Waals surface area contributed by atoms with Gasteiger partial charge in [-0.15, -0.1) is 0 Å². The zero-order valence-corrected chi connectivity index (χ0v) is 7.19. The van der Waals surface area contributed by atoms with Crippen molar-refractivity contribution in [2.75, 3.05) is 7.11 Å². The van der Waals surface area contributed by atoms with Crippen molar-refractivity contribution in [3.63, 3.8) is 0 Å². The zero-order chi connectivity index (χ0) is 8.97. The molecule has 0 atom stereocenters. The summed E-state index contributed by atoms with van der Waals surface area (Å²) in [5.41, 5.74) is 6.43. The van der Waals surface area contributed by atoms with E-state index >= 15 is 0 Å². The van der Waals surface area contributed by atoms with E-state index in [2.05, 4.69) is 9.99 Å². The number of hydrogen-bond donors (Lipinski definition) is 1. The molecule has 0 aliphatic heterocycles. The summed E-state index contributed by atoms with van der Waals surface area (Å²) in [6.45, 7) is 0. The highest BCUT2D eigenvalue weighted by Crippen LogP contribution is 1.93. The predicted molar refractivity (Wildman–Crippen MR) is 45.4 cm³/mol. The normalized spacial score (nSPS) is 11.3. The third kappa shape index (κ3) is 1.95. The Balaban J connectivity index is 2.89. The number of pyridine rings is 1. The summed E-state index contributed by atoms with van der Waals surface area (Å²) in [6, 6.07) is 3.75. The molecule has 0 fully saturated rings. The van der Waals surface area contributed by atoms with Gasteiger partial charge in [-0.2, -0.15) is 0 Å². The quantitative estimate of drug-likeness (QED) is 0.286. The van der Waals surface area contributed by atoms with Gasteiger partial charge in [-0.1, -0.05) is 5.16 Å². The number of aromatic nitrogens is 1. The minimum absolute atomic E-state index is 0.387. The summed E-state index contributed by atoms with van der Waals surface area (Å²) in [4.78, 5) is 4.54. The number of rotatable bonds is 2. The van der Waals surface area contributed by atoms with Gasteiger partial charge >= 0.3 is 0 Å². The lowest BCUT2D eigenvalue weighted by atomic mass is 10.2. The van der Waals surface area contributed by atoms with Crippen LogP contribution in [-0.4, -0.2) is 12.9 Å². The number of nitrogens with zero attached hydrogens (tertiary/aromatic N) is 2. The van der Waals surface area contributed by atoms with Gasteiger partial charge in [0.1, 0.15) is 14.2 Å². The van der Waals surface area contributed by atoms with Crippen LogP contribution in [0.1, 0.15) is 5.56 Å². The van der Waals surface area contributed by atoms with Crippen molar-refractivity contribution in [2.45, 2.75) is 0 Å². The summed E-state index contributed by atoms with van der Waals surface area (Å²) in [6.07, 6.45) is 3.79. The minimum Gasteiger partial charge on any atom is -0.397 e. The lowest BCUT2D eigenvalue weighted by Crippen LogP contribution is -2.27. The van der Waals surface area contributed by atoms with Gasteiger partial charge in [-0.3, -0.25) is 0 Å². The first-order valence-corrected chi connectivity index (χ1v) is 3.56. The number of oxime groups is 1. The molecule has 1 rings (SSSR count). The van der Waals surface area contributed by atoms with Gasteiger partial charge in [0.15, 0.2) is 18.2 Å². The van der Waals surface area contributed by atoms with E-state index in [0.717, 1.165) is 5.56 Å². The molecule has 64 valence electrons. The van der Waals surface area contributed by atoms with Crippen LogP contribution in [0.5, 0.6) is 0 Å². The van der Waals surface area contributed by atoms with Gasteiger partial charge in [0.05, 0.1) is 0 Å². The lowest BCUT2D eigenvalue weighted by molar-refractivity contribution is -0.671. The van der Waals surface area contributed by atoms with Crippen molar-refractivity contribution in [1.82, 2.24) is 0 Å². The molecule has 0 spiro atoms. The molecule has 0 aromatic carbocycles.